The van der Waals surface area contributed by atoms with E-state index in [4.69, 9.17) is 9.47 Å². The molecular weight excluding hydrogens is 405 g/mol. The van der Waals surface area contributed by atoms with Crippen LogP contribution in [0.25, 0.3) is 0 Å². The Kier molecular flexibility index (Phi) is 14.0. The molecule has 0 bridgehead atoms. The molecule has 0 aliphatic heterocycles. The van der Waals surface area contributed by atoms with Gasteiger partial charge in [-0.15, -0.1) is 0 Å². The number of alkyl carbamates (subject to hydrolysis) is 2. The van der Waals surface area contributed by atoms with Gasteiger partial charge < -0.3 is 25.2 Å². The maximum atomic E-state index is 13.1. The van der Waals surface area contributed by atoms with Crippen LogP contribution in [-0.4, -0.2) is 68.1 Å². The number of hydrogen-bond acceptors (Lipinski definition) is 6. The van der Waals surface area contributed by atoms with Crippen molar-refractivity contribution in [2.45, 2.75) is 45.6 Å². The van der Waals surface area contributed by atoms with Crippen LogP contribution in [0.5, 0.6) is 0 Å². The van der Waals surface area contributed by atoms with Gasteiger partial charge in [-0.2, -0.15) is 0 Å². The number of carbonyl (C=O) groups is 2. The molecule has 9 heteroatoms. The number of unbranched alkanes of at least 4 members (excludes halogenated alkanes) is 2. The van der Waals surface area contributed by atoms with Gasteiger partial charge in [-0.05, 0) is 30.5 Å². The first-order valence-electron chi connectivity index (χ1n) is 10.9. The summed E-state index contributed by atoms with van der Waals surface area (Å²) in [6.07, 6.45) is 1.87. The van der Waals surface area contributed by atoms with Gasteiger partial charge in [-0.1, -0.05) is 38.8 Å². The van der Waals surface area contributed by atoms with Gasteiger partial charge in [0.1, 0.15) is 19.0 Å². The number of rotatable bonds is 15. The molecule has 0 fully saturated rings. The molecule has 176 valence electrons. The van der Waals surface area contributed by atoms with Crippen LogP contribution in [-0.2, 0) is 9.47 Å². The van der Waals surface area contributed by atoms with Gasteiger partial charge in [0.15, 0.2) is 0 Å². The number of aliphatic hydroxyl groups is 1. The summed E-state index contributed by atoms with van der Waals surface area (Å²) in [5, 5.41) is 15.8. The average Bonchev–Trinajstić information content (AvgIpc) is 2.74. The van der Waals surface area contributed by atoms with E-state index in [1.807, 2.05) is 18.7 Å². The normalized spacial score (nSPS) is 11.8. The number of hydrogen-bond donors (Lipinski definition) is 3. The molecule has 0 aromatic heterocycles. The van der Waals surface area contributed by atoms with Crippen molar-refractivity contribution in [3.05, 3.63) is 35.6 Å². The van der Waals surface area contributed by atoms with Crippen LogP contribution in [0.2, 0.25) is 0 Å². The molecule has 1 unspecified atom stereocenters. The molecule has 0 aliphatic rings. The highest BCUT2D eigenvalue weighted by Gasteiger charge is 2.15. The highest BCUT2D eigenvalue weighted by molar-refractivity contribution is 5.67. The molecule has 0 spiro atoms. The number of amides is 2. The van der Waals surface area contributed by atoms with Gasteiger partial charge >= 0.3 is 12.2 Å². The van der Waals surface area contributed by atoms with Crippen molar-refractivity contribution in [2.24, 2.45) is 0 Å². The molecule has 0 aliphatic carbocycles. The Morgan fingerprint density at radius 1 is 0.968 bits per heavy atom. The number of ether oxygens (including phenoxy) is 2. The first kappa shape index (κ1) is 26.6. The fourth-order valence-electron chi connectivity index (χ4n) is 2.70. The van der Waals surface area contributed by atoms with Crippen LogP contribution in [0.4, 0.5) is 14.0 Å². The van der Waals surface area contributed by atoms with E-state index in [9.17, 15) is 19.1 Å². The van der Waals surface area contributed by atoms with E-state index < -0.39 is 18.3 Å². The molecule has 0 saturated heterocycles. The van der Waals surface area contributed by atoms with Gasteiger partial charge in [-0.25, -0.2) is 14.0 Å². The van der Waals surface area contributed by atoms with Crippen LogP contribution in [0.3, 0.4) is 0 Å². The van der Waals surface area contributed by atoms with Crippen molar-refractivity contribution in [1.82, 2.24) is 15.5 Å². The maximum absolute atomic E-state index is 13.1. The van der Waals surface area contributed by atoms with Gasteiger partial charge in [0.2, 0.25) is 0 Å². The van der Waals surface area contributed by atoms with E-state index in [1.165, 1.54) is 24.3 Å². The molecule has 1 atom stereocenters. The Bertz CT molecular complexity index is 602. The number of aliphatic hydroxyl groups excluding tert-OH is 1. The largest absolute Gasteiger partial charge is 0.448 e. The lowest BCUT2D eigenvalue weighted by Crippen LogP contribution is -2.37. The SMILES string of the molecule is CCCCNC(=O)OCCN(CCOC(=O)NCCCC)CC(O)c1ccc(F)cc1. The summed E-state index contributed by atoms with van der Waals surface area (Å²) in [4.78, 5) is 25.2. The lowest BCUT2D eigenvalue weighted by Gasteiger charge is -2.25. The van der Waals surface area contributed by atoms with Crippen LogP contribution in [0, 0.1) is 5.82 Å². The molecule has 0 heterocycles. The van der Waals surface area contributed by atoms with Crippen molar-refractivity contribution < 1.29 is 28.6 Å². The molecule has 31 heavy (non-hydrogen) atoms. The van der Waals surface area contributed by atoms with Gasteiger partial charge in [0.05, 0.1) is 6.10 Å². The van der Waals surface area contributed by atoms with Crippen LogP contribution >= 0.6 is 0 Å². The van der Waals surface area contributed by atoms with Crippen molar-refractivity contribution in [3.8, 4) is 0 Å². The summed E-state index contributed by atoms with van der Waals surface area (Å²) >= 11 is 0. The van der Waals surface area contributed by atoms with Crippen LogP contribution in [0.1, 0.15) is 51.2 Å². The highest BCUT2D eigenvalue weighted by atomic mass is 19.1. The molecule has 2 amide bonds. The third-order valence-electron chi connectivity index (χ3n) is 4.57. The minimum Gasteiger partial charge on any atom is -0.448 e. The van der Waals surface area contributed by atoms with Crippen LogP contribution < -0.4 is 10.6 Å². The number of nitrogens with zero attached hydrogens (tertiary/aromatic N) is 1. The van der Waals surface area contributed by atoms with Crippen molar-refractivity contribution in [1.29, 1.82) is 0 Å². The number of halogens is 1. The lowest BCUT2D eigenvalue weighted by molar-refractivity contribution is 0.0724. The molecule has 1 aromatic carbocycles. The zero-order chi connectivity index (χ0) is 22.9. The predicted octanol–water partition coefficient (Wildman–Crippen LogP) is 3.21. The van der Waals surface area contributed by atoms with Crippen LogP contribution in [0.15, 0.2) is 24.3 Å². The Morgan fingerprint density at radius 3 is 1.90 bits per heavy atom. The second-order valence-corrected chi connectivity index (χ2v) is 7.20. The number of carbonyl (C=O) groups excluding carboxylic acids is 2. The first-order chi connectivity index (χ1) is 15.0. The van der Waals surface area contributed by atoms with Gasteiger partial charge in [0, 0.05) is 32.7 Å². The van der Waals surface area contributed by atoms with E-state index in [2.05, 4.69) is 10.6 Å². The van der Waals surface area contributed by atoms with Crippen molar-refractivity contribution >= 4 is 12.2 Å². The van der Waals surface area contributed by atoms with E-state index in [0.29, 0.717) is 31.7 Å². The summed E-state index contributed by atoms with van der Waals surface area (Å²) in [5.74, 6) is -0.377. The van der Waals surface area contributed by atoms with E-state index >= 15 is 0 Å². The highest BCUT2D eigenvalue weighted by Crippen LogP contribution is 2.15. The summed E-state index contributed by atoms with van der Waals surface area (Å²) < 4.78 is 23.5. The molecule has 0 saturated carbocycles. The third kappa shape index (κ3) is 12.8. The molecule has 1 rings (SSSR count). The third-order valence-corrected chi connectivity index (χ3v) is 4.57. The van der Waals surface area contributed by atoms with E-state index in [1.54, 1.807) is 0 Å². The van der Waals surface area contributed by atoms with E-state index in [-0.39, 0.29) is 25.6 Å². The smallest absolute Gasteiger partial charge is 0.407 e. The summed E-state index contributed by atoms with van der Waals surface area (Å²) in [6, 6.07) is 5.62. The molecule has 1 aromatic rings. The Balaban J connectivity index is 2.50. The van der Waals surface area contributed by atoms with E-state index in [0.717, 1.165) is 25.7 Å². The molecule has 3 N–H and O–H groups in total. The van der Waals surface area contributed by atoms with Gasteiger partial charge in [0.25, 0.3) is 0 Å². The Labute approximate surface area is 184 Å². The second kappa shape index (κ2) is 16.3. The quantitative estimate of drug-likeness (QED) is 0.362. The number of nitrogens with one attached hydrogen (secondary N) is 2. The first-order valence-corrected chi connectivity index (χ1v) is 10.9. The zero-order valence-corrected chi connectivity index (χ0v) is 18.6. The maximum Gasteiger partial charge on any atom is 0.407 e. The average molecular weight is 442 g/mol. The Hall–Kier alpha value is -2.39. The summed E-state index contributed by atoms with van der Waals surface area (Å²) in [6.45, 7) is 6.33. The molecule has 0 radical (unpaired) electrons. The Morgan fingerprint density at radius 2 is 1.45 bits per heavy atom. The fraction of sp³-hybridized carbons (Fsp3) is 0.636. The second-order valence-electron chi connectivity index (χ2n) is 7.20. The monoisotopic (exact) mass is 441 g/mol. The minimum atomic E-state index is -0.864. The molecular formula is C22H36FN3O5. The van der Waals surface area contributed by atoms with Crippen molar-refractivity contribution in [3.63, 3.8) is 0 Å². The predicted molar refractivity (Wildman–Crippen MR) is 116 cm³/mol. The topological polar surface area (TPSA) is 100 Å². The number of benzene rings is 1. The lowest BCUT2D eigenvalue weighted by atomic mass is 10.1. The zero-order valence-electron chi connectivity index (χ0n) is 18.6. The van der Waals surface area contributed by atoms with Gasteiger partial charge in [-0.3, -0.25) is 4.90 Å². The fourth-order valence-corrected chi connectivity index (χ4v) is 2.70. The minimum absolute atomic E-state index is 0.122. The summed E-state index contributed by atoms with van der Waals surface area (Å²) in [5.41, 5.74) is 0.572. The van der Waals surface area contributed by atoms with Crippen molar-refractivity contribution in [2.75, 3.05) is 45.9 Å². The summed E-state index contributed by atoms with van der Waals surface area (Å²) in [7, 11) is 0. The standard InChI is InChI=1S/C22H36FN3O5/c1-3-5-11-24-21(28)30-15-13-26(14-16-31-22(29)25-12-6-4-2)17-20(27)18-7-9-19(23)10-8-18/h7-10,20,27H,3-6,11-17H2,1-2H3,(H,24,28)(H,25,29). The molecule has 8 nitrogen and oxygen atoms in total.